The van der Waals surface area contributed by atoms with Crippen molar-refractivity contribution in [2.24, 2.45) is 0 Å². The summed E-state index contributed by atoms with van der Waals surface area (Å²) in [6, 6.07) is 4.92. The van der Waals surface area contributed by atoms with E-state index < -0.39 is 0 Å². The summed E-state index contributed by atoms with van der Waals surface area (Å²) in [7, 11) is 3.31. The molecule has 0 unspecified atom stereocenters. The normalized spacial score (nSPS) is 15.7. The van der Waals surface area contributed by atoms with Gasteiger partial charge in [0.1, 0.15) is 5.82 Å². The van der Waals surface area contributed by atoms with Crippen LogP contribution in [0.2, 0.25) is 0 Å². The third-order valence-corrected chi connectivity index (χ3v) is 5.84. The topological polar surface area (TPSA) is 62.8 Å². The minimum Gasteiger partial charge on any atom is -0.493 e. The molecule has 1 N–H and O–H groups in total. The molecule has 0 aliphatic carbocycles. The van der Waals surface area contributed by atoms with Crippen LogP contribution in [0.25, 0.3) is 10.9 Å². The van der Waals surface area contributed by atoms with Crippen molar-refractivity contribution in [2.75, 3.05) is 50.6 Å². The number of hydrogen-bond acceptors (Lipinski definition) is 7. The smallest absolute Gasteiger partial charge is 0.227 e. The fourth-order valence-electron chi connectivity index (χ4n) is 3.95. The lowest BCUT2D eigenvalue weighted by Crippen LogP contribution is -2.42. The van der Waals surface area contributed by atoms with E-state index in [9.17, 15) is 0 Å². The van der Waals surface area contributed by atoms with E-state index in [0.29, 0.717) is 23.6 Å². The van der Waals surface area contributed by atoms with Gasteiger partial charge in [-0.1, -0.05) is 0 Å². The number of nitrogens with one attached hydrogen (secondary N) is 1. The molecule has 1 aromatic carbocycles. The monoisotopic (exact) mass is 401 g/mol. The van der Waals surface area contributed by atoms with Gasteiger partial charge in [-0.05, 0) is 46.6 Å². The van der Waals surface area contributed by atoms with Crippen LogP contribution in [-0.4, -0.2) is 67.4 Å². The Balaban J connectivity index is 1.98. The van der Waals surface area contributed by atoms with Crippen molar-refractivity contribution in [3.05, 3.63) is 12.1 Å². The summed E-state index contributed by atoms with van der Waals surface area (Å²) in [5, 5.41) is 4.68. The molecule has 7 heteroatoms. The van der Waals surface area contributed by atoms with Crippen molar-refractivity contribution >= 4 is 22.7 Å². The highest BCUT2D eigenvalue weighted by Crippen LogP contribution is 2.35. The first-order valence-electron chi connectivity index (χ1n) is 10.7. The number of likely N-dealkylation sites (tertiary alicyclic amines) is 1. The predicted octanol–water partition coefficient (Wildman–Crippen LogP) is 3.78. The molecule has 1 fully saturated rings. The Morgan fingerprint density at radius 1 is 1.07 bits per heavy atom. The zero-order chi connectivity index (χ0) is 21.0. The van der Waals surface area contributed by atoms with Crippen molar-refractivity contribution < 1.29 is 9.47 Å². The number of hydrogen-bond donors (Lipinski definition) is 1. The van der Waals surface area contributed by atoms with Gasteiger partial charge in [-0.25, -0.2) is 4.98 Å². The second kappa shape index (κ2) is 9.48. The molecule has 0 amide bonds. The summed E-state index contributed by atoms with van der Waals surface area (Å²) in [6.45, 7) is 12.7. The molecule has 0 atom stereocenters. The SMILES string of the molecule is CCN(CC)c1nc(NC2CCN(C(C)C)CC2)c2cc(OC)c(OC)cc2n1. The van der Waals surface area contributed by atoms with Gasteiger partial charge in [0.05, 0.1) is 19.7 Å². The number of rotatable bonds is 8. The first kappa shape index (κ1) is 21.4. The van der Waals surface area contributed by atoms with Crippen LogP contribution < -0.4 is 19.7 Å². The molecule has 2 heterocycles. The summed E-state index contributed by atoms with van der Waals surface area (Å²) in [6.07, 6.45) is 2.22. The summed E-state index contributed by atoms with van der Waals surface area (Å²) < 4.78 is 11.0. The molecule has 29 heavy (non-hydrogen) atoms. The van der Waals surface area contributed by atoms with E-state index in [0.717, 1.165) is 61.7 Å². The van der Waals surface area contributed by atoms with Gasteiger partial charge in [0.2, 0.25) is 5.95 Å². The van der Waals surface area contributed by atoms with Crippen LogP contribution in [-0.2, 0) is 0 Å². The predicted molar refractivity (Wildman–Crippen MR) is 120 cm³/mol. The zero-order valence-electron chi connectivity index (χ0n) is 18.7. The molecule has 0 saturated carbocycles. The number of benzene rings is 1. The highest BCUT2D eigenvalue weighted by molar-refractivity contribution is 5.93. The van der Waals surface area contributed by atoms with Gasteiger partial charge in [0.25, 0.3) is 0 Å². The summed E-state index contributed by atoms with van der Waals surface area (Å²) in [4.78, 5) is 14.4. The molecule has 1 aliphatic heterocycles. The fourth-order valence-corrected chi connectivity index (χ4v) is 3.95. The van der Waals surface area contributed by atoms with Crippen molar-refractivity contribution in [1.82, 2.24) is 14.9 Å². The maximum atomic E-state index is 5.52. The van der Waals surface area contributed by atoms with E-state index in [-0.39, 0.29) is 0 Å². The van der Waals surface area contributed by atoms with Crippen LogP contribution in [0, 0.1) is 0 Å². The van der Waals surface area contributed by atoms with E-state index in [4.69, 9.17) is 19.4 Å². The Morgan fingerprint density at radius 2 is 1.69 bits per heavy atom. The molecule has 0 spiro atoms. The Labute approximate surface area is 174 Å². The average Bonchev–Trinajstić information content (AvgIpc) is 2.74. The van der Waals surface area contributed by atoms with E-state index in [2.05, 4.69) is 42.8 Å². The lowest BCUT2D eigenvalue weighted by molar-refractivity contribution is 0.177. The Morgan fingerprint density at radius 3 is 2.24 bits per heavy atom. The molecular weight excluding hydrogens is 366 g/mol. The third-order valence-electron chi connectivity index (χ3n) is 5.84. The van der Waals surface area contributed by atoms with E-state index in [1.54, 1.807) is 14.2 Å². The first-order valence-corrected chi connectivity index (χ1v) is 10.7. The number of aromatic nitrogens is 2. The molecule has 0 bridgehead atoms. The maximum absolute atomic E-state index is 5.52. The number of piperidine rings is 1. The molecule has 7 nitrogen and oxygen atoms in total. The second-order valence-corrected chi connectivity index (χ2v) is 7.82. The van der Waals surface area contributed by atoms with E-state index in [1.165, 1.54) is 0 Å². The van der Waals surface area contributed by atoms with Gasteiger partial charge in [-0.15, -0.1) is 0 Å². The van der Waals surface area contributed by atoms with E-state index in [1.807, 2.05) is 12.1 Å². The molecule has 1 aromatic heterocycles. The van der Waals surface area contributed by atoms with Crippen molar-refractivity contribution in [3.8, 4) is 11.5 Å². The van der Waals surface area contributed by atoms with Crippen LogP contribution in [0.3, 0.4) is 0 Å². The molecule has 0 radical (unpaired) electrons. The Hall–Kier alpha value is -2.28. The quantitative estimate of drug-likeness (QED) is 0.722. The van der Waals surface area contributed by atoms with Crippen molar-refractivity contribution in [1.29, 1.82) is 0 Å². The van der Waals surface area contributed by atoms with Gasteiger partial charge in [0.15, 0.2) is 11.5 Å². The van der Waals surface area contributed by atoms with E-state index >= 15 is 0 Å². The Kier molecular flexibility index (Phi) is 7.00. The zero-order valence-corrected chi connectivity index (χ0v) is 18.7. The molecule has 1 aliphatic rings. The number of ether oxygens (including phenoxy) is 2. The standard InChI is InChI=1S/C22H35N5O2/c1-7-26(8-2)22-24-18-14-20(29-6)19(28-5)13-17(18)21(25-22)23-16-9-11-27(12-10-16)15(3)4/h13-16H,7-12H2,1-6H3,(H,23,24,25). The highest BCUT2D eigenvalue weighted by Gasteiger charge is 2.23. The van der Waals surface area contributed by atoms with Crippen LogP contribution >= 0.6 is 0 Å². The van der Waals surface area contributed by atoms with Crippen LogP contribution in [0.5, 0.6) is 11.5 Å². The molecule has 160 valence electrons. The van der Waals surface area contributed by atoms with Crippen molar-refractivity contribution in [3.63, 3.8) is 0 Å². The third kappa shape index (κ3) is 4.66. The molecule has 1 saturated heterocycles. The molecule has 3 rings (SSSR count). The van der Waals surface area contributed by atoms with Gasteiger partial charge in [-0.2, -0.15) is 4.98 Å². The number of methoxy groups -OCH3 is 2. The van der Waals surface area contributed by atoms with Crippen LogP contribution in [0.4, 0.5) is 11.8 Å². The van der Waals surface area contributed by atoms with Gasteiger partial charge < -0.3 is 24.6 Å². The number of anilines is 2. The average molecular weight is 402 g/mol. The minimum atomic E-state index is 0.403. The van der Waals surface area contributed by atoms with Crippen LogP contribution in [0.15, 0.2) is 12.1 Å². The molecule has 2 aromatic rings. The molecular formula is C22H35N5O2. The van der Waals surface area contributed by atoms with Gasteiger partial charge in [0, 0.05) is 49.7 Å². The summed E-state index contributed by atoms with van der Waals surface area (Å²) in [5.74, 6) is 3.00. The summed E-state index contributed by atoms with van der Waals surface area (Å²) >= 11 is 0. The van der Waals surface area contributed by atoms with Crippen molar-refractivity contribution in [2.45, 2.75) is 52.6 Å². The van der Waals surface area contributed by atoms with Gasteiger partial charge >= 0.3 is 0 Å². The lowest BCUT2D eigenvalue weighted by Gasteiger charge is -2.35. The van der Waals surface area contributed by atoms with Crippen LogP contribution in [0.1, 0.15) is 40.5 Å². The largest absolute Gasteiger partial charge is 0.493 e. The highest BCUT2D eigenvalue weighted by atomic mass is 16.5. The fraction of sp³-hybridized carbons (Fsp3) is 0.636. The lowest BCUT2D eigenvalue weighted by atomic mass is 10.0. The summed E-state index contributed by atoms with van der Waals surface area (Å²) in [5.41, 5.74) is 0.863. The minimum absolute atomic E-state index is 0.403. The van der Waals surface area contributed by atoms with Gasteiger partial charge in [-0.3, -0.25) is 0 Å². The first-order chi connectivity index (χ1) is 14.0. The number of nitrogens with zero attached hydrogens (tertiary/aromatic N) is 4. The Bertz CT molecular complexity index is 814. The second-order valence-electron chi connectivity index (χ2n) is 7.82. The number of fused-ring (bicyclic) bond motifs is 1. The maximum Gasteiger partial charge on any atom is 0.227 e.